The van der Waals surface area contributed by atoms with Gasteiger partial charge in [-0.15, -0.1) is 0 Å². The minimum absolute atomic E-state index is 0.0790. The summed E-state index contributed by atoms with van der Waals surface area (Å²) in [6.45, 7) is 4.83. The summed E-state index contributed by atoms with van der Waals surface area (Å²) in [5, 5.41) is 10.4. The summed E-state index contributed by atoms with van der Waals surface area (Å²) in [6.07, 6.45) is 5.23. The van der Waals surface area contributed by atoms with Gasteiger partial charge in [0.25, 0.3) is 0 Å². The van der Waals surface area contributed by atoms with Crippen molar-refractivity contribution in [2.45, 2.75) is 58.0 Å². The molecule has 0 saturated heterocycles. The van der Waals surface area contributed by atoms with Crippen LogP contribution in [0.2, 0.25) is 0 Å². The lowest BCUT2D eigenvalue weighted by atomic mass is 9.80. The lowest BCUT2D eigenvalue weighted by Crippen LogP contribution is -2.50. The first-order valence-electron chi connectivity index (χ1n) is 7.11. The molecule has 0 aromatic rings. The third kappa shape index (κ3) is 3.04. The van der Waals surface area contributed by atoms with E-state index in [1.54, 1.807) is 11.9 Å². The van der Waals surface area contributed by atoms with Crippen LogP contribution in [-0.2, 0) is 4.79 Å². The zero-order valence-corrected chi connectivity index (χ0v) is 12.0. The first kappa shape index (κ1) is 15.4. The van der Waals surface area contributed by atoms with Crippen molar-refractivity contribution in [1.29, 1.82) is 0 Å². The number of carbonyl (C=O) groups excluding carboxylic acids is 1. The van der Waals surface area contributed by atoms with Crippen LogP contribution in [0.15, 0.2) is 0 Å². The summed E-state index contributed by atoms with van der Waals surface area (Å²) in [5.74, 6) is 0.0790. The van der Waals surface area contributed by atoms with Crippen LogP contribution in [0.25, 0.3) is 0 Å². The van der Waals surface area contributed by atoms with Crippen molar-refractivity contribution in [2.75, 3.05) is 20.1 Å². The molecule has 0 atom stereocenters. The van der Waals surface area contributed by atoms with E-state index in [-0.39, 0.29) is 5.91 Å². The van der Waals surface area contributed by atoms with Gasteiger partial charge in [-0.25, -0.2) is 0 Å². The zero-order chi connectivity index (χ0) is 13.8. The molecule has 106 valence electrons. The van der Waals surface area contributed by atoms with E-state index in [0.717, 1.165) is 38.5 Å². The van der Waals surface area contributed by atoms with Gasteiger partial charge in [0.15, 0.2) is 0 Å². The van der Waals surface area contributed by atoms with E-state index in [4.69, 9.17) is 5.73 Å². The SMILES string of the molecule is CCC(CC)(CN)C(=O)N(C)CC1(O)CCCC1. The standard InChI is InChI=1S/C14H28N2O2/c1-4-13(5-2,10-15)12(17)16(3)11-14(18)8-6-7-9-14/h18H,4-11,15H2,1-3H3. The second kappa shape index (κ2) is 6.02. The van der Waals surface area contributed by atoms with Crippen LogP contribution in [0, 0.1) is 5.41 Å². The Labute approximate surface area is 111 Å². The first-order valence-corrected chi connectivity index (χ1v) is 7.11. The number of amides is 1. The fraction of sp³-hybridized carbons (Fsp3) is 0.929. The fourth-order valence-corrected chi connectivity index (χ4v) is 3.04. The number of nitrogens with two attached hydrogens (primary N) is 1. The highest BCUT2D eigenvalue weighted by molar-refractivity contribution is 5.82. The summed E-state index contributed by atoms with van der Waals surface area (Å²) >= 11 is 0. The lowest BCUT2D eigenvalue weighted by molar-refractivity contribution is -0.144. The number of rotatable bonds is 6. The van der Waals surface area contributed by atoms with Crippen LogP contribution in [0.1, 0.15) is 52.4 Å². The van der Waals surface area contributed by atoms with Crippen LogP contribution in [0.4, 0.5) is 0 Å². The van der Waals surface area contributed by atoms with Crippen molar-refractivity contribution < 1.29 is 9.90 Å². The van der Waals surface area contributed by atoms with Gasteiger partial charge in [-0.05, 0) is 25.7 Å². The molecule has 3 N–H and O–H groups in total. The molecule has 0 bridgehead atoms. The zero-order valence-electron chi connectivity index (χ0n) is 12.0. The number of carbonyl (C=O) groups is 1. The van der Waals surface area contributed by atoms with Gasteiger partial charge >= 0.3 is 0 Å². The highest BCUT2D eigenvalue weighted by atomic mass is 16.3. The Morgan fingerprint density at radius 1 is 1.33 bits per heavy atom. The summed E-state index contributed by atoms with van der Waals surface area (Å²) in [4.78, 5) is 14.2. The predicted octanol–water partition coefficient (Wildman–Crippen LogP) is 1.51. The highest BCUT2D eigenvalue weighted by Gasteiger charge is 2.39. The van der Waals surface area contributed by atoms with Crippen LogP contribution in [-0.4, -0.2) is 41.7 Å². The van der Waals surface area contributed by atoms with E-state index in [0.29, 0.717) is 13.1 Å². The van der Waals surface area contributed by atoms with Gasteiger partial charge in [0.2, 0.25) is 5.91 Å². The molecule has 0 unspecified atom stereocenters. The second-order valence-corrected chi connectivity index (χ2v) is 5.78. The molecule has 0 aromatic carbocycles. The Kier molecular flexibility index (Phi) is 5.17. The van der Waals surface area contributed by atoms with Crippen LogP contribution in [0.5, 0.6) is 0 Å². The highest BCUT2D eigenvalue weighted by Crippen LogP contribution is 2.32. The van der Waals surface area contributed by atoms with Crippen molar-refractivity contribution in [1.82, 2.24) is 4.90 Å². The Hall–Kier alpha value is -0.610. The minimum atomic E-state index is -0.674. The number of hydrogen-bond donors (Lipinski definition) is 2. The van der Waals surface area contributed by atoms with Crippen molar-refractivity contribution in [3.63, 3.8) is 0 Å². The van der Waals surface area contributed by atoms with Crippen molar-refractivity contribution >= 4 is 5.91 Å². The largest absolute Gasteiger partial charge is 0.388 e. The van der Waals surface area contributed by atoms with Gasteiger partial charge in [-0.3, -0.25) is 4.79 Å². The summed E-state index contributed by atoms with van der Waals surface area (Å²) in [6, 6.07) is 0. The molecule has 4 nitrogen and oxygen atoms in total. The van der Waals surface area contributed by atoms with E-state index in [2.05, 4.69) is 0 Å². The first-order chi connectivity index (χ1) is 8.43. The van der Waals surface area contributed by atoms with Gasteiger partial charge in [0, 0.05) is 20.1 Å². The van der Waals surface area contributed by atoms with Crippen molar-refractivity contribution in [3.05, 3.63) is 0 Å². The van der Waals surface area contributed by atoms with Crippen molar-refractivity contribution in [2.24, 2.45) is 11.1 Å². The molecule has 1 amide bonds. The molecule has 1 saturated carbocycles. The second-order valence-electron chi connectivity index (χ2n) is 5.78. The minimum Gasteiger partial charge on any atom is -0.388 e. The average molecular weight is 256 g/mol. The van der Waals surface area contributed by atoms with Gasteiger partial charge in [-0.1, -0.05) is 26.7 Å². The summed E-state index contributed by atoms with van der Waals surface area (Å²) < 4.78 is 0. The average Bonchev–Trinajstić information content (AvgIpc) is 2.78. The topological polar surface area (TPSA) is 66.6 Å². The van der Waals surface area contributed by atoms with E-state index in [9.17, 15) is 9.90 Å². The Balaban J connectivity index is 2.70. The van der Waals surface area contributed by atoms with Crippen LogP contribution in [0.3, 0.4) is 0 Å². The number of aliphatic hydroxyl groups is 1. The van der Waals surface area contributed by atoms with Gasteiger partial charge in [-0.2, -0.15) is 0 Å². The lowest BCUT2D eigenvalue weighted by Gasteiger charge is -2.36. The fourth-order valence-electron chi connectivity index (χ4n) is 3.04. The maximum absolute atomic E-state index is 12.5. The molecule has 0 heterocycles. The maximum Gasteiger partial charge on any atom is 0.229 e. The Morgan fingerprint density at radius 3 is 2.22 bits per heavy atom. The van der Waals surface area contributed by atoms with E-state index in [1.165, 1.54) is 0 Å². The summed E-state index contributed by atoms with van der Waals surface area (Å²) in [7, 11) is 1.79. The molecule has 1 aliphatic rings. The molecule has 0 aliphatic heterocycles. The molecule has 1 fully saturated rings. The van der Waals surface area contributed by atoms with E-state index < -0.39 is 11.0 Å². The molecule has 18 heavy (non-hydrogen) atoms. The van der Waals surface area contributed by atoms with E-state index in [1.807, 2.05) is 13.8 Å². The smallest absolute Gasteiger partial charge is 0.229 e. The van der Waals surface area contributed by atoms with Gasteiger partial charge in [0.1, 0.15) is 0 Å². The molecule has 1 rings (SSSR count). The van der Waals surface area contributed by atoms with Crippen LogP contribution >= 0.6 is 0 Å². The monoisotopic (exact) mass is 256 g/mol. The number of nitrogens with zero attached hydrogens (tertiary/aromatic N) is 1. The van der Waals surface area contributed by atoms with E-state index >= 15 is 0 Å². The maximum atomic E-state index is 12.5. The molecular formula is C14H28N2O2. The quantitative estimate of drug-likeness (QED) is 0.757. The van der Waals surface area contributed by atoms with Gasteiger partial charge in [0.05, 0.1) is 11.0 Å². The molecule has 0 radical (unpaired) electrons. The summed E-state index contributed by atoms with van der Waals surface area (Å²) in [5.41, 5.74) is 4.67. The molecule has 4 heteroatoms. The van der Waals surface area contributed by atoms with Crippen molar-refractivity contribution in [3.8, 4) is 0 Å². The van der Waals surface area contributed by atoms with Gasteiger partial charge < -0.3 is 15.7 Å². The predicted molar refractivity (Wildman–Crippen MR) is 73.1 cm³/mol. The molecule has 0 aromatic heterocycles. The Bertz CT molecular complexity index is 273. The van der Waals surface area contributed by atoms with Crippen LogP contribution < -0.4 is 5.73 Å². The Morgan fingerprint density at radius 2 is 1.83 bits per heavy atom. The third-order valence-electron chi connectivity index (χ3n) is 4.61. The normalized spacial score (nSPS) is 18.9. The third-order valence-corrected chi connectivity index (χ3v) is 4.61. The molecule has 1 aliphatic carbocycles. The number of likely N-dealkylation sites (N-methyl/N-ethyl adjacent to an activating group) is 1. The molecular weight excluding hydrogens is 228 g/mol. The number of hydrogen-bond acceptors (Lipinski definition) is 3. The molecule has 0 spiro atoms.